The molecule has 4 nitrogen and oxygen atoms in total. The van der Waals surface area contributed by atoms with E-state index in [9.17, 15) is 9.90 Å². The summed E-state index contributed by atoms with van der Waals surface area (Å²) in [5, 5.41) is 14.8. The zero-order valence-corrected chi connectivity index (χ0v) is 36.2. The number of carbonyl (C=O) groups is 1. The molecule has 0 spiro atoms. The van der Waals surface area contributed by atoms with Crippen LogP contribution >= 0.6 is 0 Å². The third kappa shape index (κ3) is 8.43. The van der Waals surface area contributed by atoms with Gasteiger partial charge in [0, 0.05) is 37.0 Å². The van der Waals surface area contributed by atoms with Gasteiger partial charge in [-0.15, -0.1) is 0 Å². The summed E-state index contributed by atoms with van der Waals surface area (Å²) in [4.78, 5) is 17.0. The topological polar surface area (TPSA) is 63.3 Å². The van der Waals surface area contributed by atoms with Crippen LogP contribution in [0.15, 0.2) is 77.0 Å². The Balaban J connectivity index is 0.000000312. The van der Waals surface area contributed by atoms with Crippen LogP contribution in [0.4, 0.5) is 0 Å². The summed E-state index contributed by atoms with van der Waals surface area (Å²) in [6.45, 7) is 18.9. The van der Waals surface area contributed by atoms with Gasteiger partial charge in [-0.05, 0) is 25.7 Å². The number of benzene rings is 3. The fraction of sp³-hybridized carbons (Fsp3) is 0.442. The number of rotatable bonds is 9. The number of aliphatic hydroxyl groups is 1. The van der Waals surface area contributed by atoms with E-state index in [0.29, 0.717) is 0 Å². The van der Waals surface area contributed by atoms with Gasteiger partial charge < -0.3 is 5.11 Å². The number of ketones is 1. The number of para-hydroxylation sites is 1. The van der Waals surface area contributed by atoms with Gasteiger partial charge in [0.2, 0.25) is 0 Å². The largest absolute Gasteiger partial charge is 0.512 e. The molecule has 2 aromatic heterocycles. The van der Waals surface area contributed by atoms with Gasteiger partial charge in [-0.25, -0.2) is 0 Å². The van der Waals surface area contributed by atoms with Crippen LogP contribution in [0.5, 0.6) is 0 Å². The summed E-state index contributed by atoms with van der Waals surface area (Å²) >= 11 is -2.09. The van der Waals surface area contributed by atoms with Gasteiger partial charge in [-0.1, -0.05) is 41.5 Å². The minimum absolute atomic E-state index is 0. The van der Waals surface area contributed by atoms with Crippen molar-refractivity contribution < 1.29 is 34.4 Å². The van der Waals surface area contributed by atoms with Crippen molar-refractivity contribution in [3.63, 3.8) is 0 Å². The van der Waals surface area contributed by atoms with Crippen molar-refractivity contribution in [3.8, 4) is 11.3 Å². The van der Waals surface area contributed by atoms with Crippen LogP contribution in [-0.4, -0.2) is 29.1 Å². The summed E-state index contributed by atoms with van der Waals surface area (Å²) in [5.41, 5.74) is 4.48. The molecule has 0 saturated carbocycles. The number of furan rings is 1. The molecule has 3 aromatic carbocycles. The van der Waals surface area contributed by atoms with Crippen molar-refractivity contribution in [3.05, 3.63) is 84.3 Å². The van der Waals surface area contributed by atoms with Gasteiger partial charge in [0.1, 0.15) is 5.76 Å². The summed E-state index contributed by atoms with van der Waals surface area (Å²) in [5.74, 6) is 7.52. The molecular formula is C43H56GeIrNO3-. The first-order valence-corrected chi connectivity index (χ1v) is 25.0. The first-order chi connectivity index (χ1) is 22.4. The van der Waals surface area contributed by atoms with Gasteiger partial charge in [-0.3, -0.25) is 4.79 Å². The van der Waals surface area contributed by atoms with Crippen LogP contribution in [0.3, 0.4) is 0 Å². The van der Waals surface area contributed by atoms with Gasteiger partial charge in [0.05, 0.1) is 0 Å². The third-order valence-corrected chi connectivity index (χ3v) is 14.9. The van der Waals surface area contributed by atoms with E-state index < -0.39 is 13.3 Å². The zero-order chi connectivity index (χ0) is 35.7. The molecule has 5 rings (SSSR count). The van der Waals surface area contributed by atoms with E-state index in [1.807, 2.05) is 47.7 Å². The molecule has 0 fully saturated rings. The predicted octanol–water partition coefficient (Wildman–Crippen LogP) is 12.1. The number of aromatic nitrogens is 1. The average molecular weight is 900 g/mol. The van der Waals surface area contributed by atoms with E-state index in [0.717, 1.165) is 58.9 Å². The molecule has 0 amide bonds. The van der Waals surface area contributed by atoms with Crippen LogP contribution in [0, 0.1) is 16.9 Å². The molecule has 6 heteroatoms. The Morgan fingerprint density at radius 2 is 1.39 bits per heavy atom. The van der Waals surface area contributed by atoms with E-state index >= 15 is 0 Å². The number of pyridine rings is 1. The van der Waals surface area contributed by atoms with Gasteiger partial charge in [0.25, 0.3) is 0 Å². The minimum Gasteiger partial charge on any atom is -0.512 e. The van der Waals surface area contributed by atoms with E-state index in [-0.39, 0.29) is 47.9 Å². The number of fused-ring (bicyclic) bond motifs is 4. The maximum Gasteiger partial charge on any atom is 0.164 e. The van der Waals surface area contributed by atoms with Crippen molar-refractivity contribution >= 4 is 56.2 Å². The Labute approximate surface area is 310 Å². The SMILES string of the molecule is CC(C)(C)c1cc(-c2nccc3c2oc2[c]([Ge]([CH3])([CH3])[CH3])cccc23)[c-]c2ccccc12.CCC(C)(CC)C(=O)/C=C(\O)C(C)(CC)CC.[Ir]. The Hall–Kier alpha value is -2.73. The van der Waals surface area contributed by atoms with Crippen LogP contribution in [-0.2, 0) is 30.3 Å². The predicted molar refractivity (Wildman–Crippen MR) is 208 cm³/mol. The molecule has 0 saturated heterocycles. The molecule has 0 atom stereocenters. The number of allylic oxidation sites excluding steroid dienone is 2. The molecule has 1 N–H and O–H groups in total. The fourth-order valence-corrected chi connectivity index (χ4v) is 9.24. The van der Waals surface area contributed by atoms with Crippen LogP contribution in [0.1, 0.15) is 93.6 Å². The average Bonchev–Trinajstić information content (AvgIpc) is 3.45. The summed E-state index contributed by atoms with van der Waals surface area (Å²) < 4.78 is 8.00. The normalized spacial score (nSPS) is 12.9. The van der Waals surface area contributed by atoms with E-state index in [1.165, 1.54) is 26.8 Å². The van der Waals surface area contributed by atoms with E-state index in [1.54, 1.807) is 0 Å². The van der Waals surface area contributed by atoms with Crippen molar-refractivity contribution in [2.24, 2.45) is 10.8 Å². The van der Waals surface area contributed by atoms with Crippen molar-refractivity contribution in [2.75, 3.05) is 0 Å². The second-order valence-corrected chi connectivity index (χ2v) is 26.5. The maximum absolute atomic E-state index is 12.2. The first-order valence-electron chi connectivity index (χ1n) is 17.7. The van der Waals surface area contributed by atoms with Gasteiger partial charge >= 0.3 is 187 Å². The number of carbonyl (C=O) groups excluding carboxylic acids is 1. The van der Waals surface area contributed by atoms with E-state index in [2.05, 4.69) is 98.7 Å². The Bertz CT molecular complexity index is 1950. The monoisotopic (exact) mass is 901 g/mol. The second kappa shape index (κ2) is 15.7. The molecule has 0 aliphatic rings. The molecule has 1 radical (unpaired) electrons. The molecule has 0 unspecified atom stereocenters. The molecular weight excluding hydrogens is 843 g/mol. The molecule has 5 aromatic rings. The standard InChI is InChI=1S/C28H28GeNO.C15H28O2.Ir/c1-28(2,3)23-17-19(16-18-10-7-8-11-20(18)23)25-27-22(14-15-30-25)21-12-9-13-24(26(21)31-27)29(4,5)6;1-7-14(5,8-2)12(16)11-13(17)15(6,9-3)10-4;/h7-15,17H,1-6H3;11,16H,7-10H2,1-6H3;/q-1;;/b;12-11-;. The molecule has 49 heavy (non-hydrogen) atoms. The molecule has 0 aliphatic carbocycles. The van der Waals surface area contributed by atoms with Gasteiger partial charge in [-0.2, -0.15) is 0 Å². The van der Waals surface area contributed by atoms with Crippen LogP contribution in [0.25, 0.3) is 44.0 Å². The summed E-state index contributed by atoms with van der Waals surface area (Å²) in [7, 11) is 0. The second-order valence-electron chi connectivity index (χ2n) is 15.9. The van der Waals surface area contributed by atoms with Crippen LogP contribution < -0.4 is 4.40 Å². The minimum atomic E-state index is -2.09. The van der Waals surface area contributed by atoms with Crippen molar-refractivity contribution in [1.82, 2.24) is 4.98 Å². The third-order valence-electron chi connectivity index (χ3n) is 10.7. The van der Waals surface area contributed by atoms with Crippen molar-refractivity contribution in [1.29, 1.82) is 0 Å². The quantitative estimate of drug-likeness (QED) is 0.0693. The molecule has 0 aliphatic heterocycles. The molecule has 2 heterocycles. The first kappa shape index (κ1) is 40.7. The Kier molecular flexibility index (Phi) is 13.0. The van der Waals surface area contributed by atoms with Crippen molar-refractivity contribution in [2.45, 2.75) is 111 Å². The maximum atomic E-state index is 12.2. The Morgan fingerprint density at radius 3 is 1.96 bits per heavy atom. The van der Waals surface area contributed by atoms with Gasteiger partial charge in [0.15, 0.2) is 5.78 Å². The molecule has 265 valence electrons. The number of nitrogens with zero attached hydrogens (tertiary/aromatic N) is 1. The number of hydrogen-bond acceptors (Lipinski definition) is 4. The summed E-state index contributed by atoms with van der Waals surface area (Å²) in [6, 6.07) is 23.0. The number of aliphatic hydroxyl groups excluding tert-OH is 1. The summed E-state index contributed by atoms with van der Waals surface area (Å²) in [6.07, 6.45) is 6.65. The van der Waals surface area contributed by atoms with E-state index in [4.69, 9.17) is 9.40 Å². The fourth-order valence-electron chi connectivity index (χ4n) is 6.17. The number of hydrogen-bond donors (Lipinski definition) is 1. The molecule has 0 bridgehead atoms. The Morgan fingerprint density at radius 1 is 0.816 bits per heavy atom. The van der Waals surface area contributed by atoms with Crippen LogP contribution in [0.2, 0.25) is 17.3 Å². The smallest absolute Gasteiger partial charge is 0.164 e. The zero-order valence-electron chi connectivity index (χ0n) is 31.7.